The van der Waals surface area contributed by atoms with Crippen molar-refractivity contribution >= 4 is 43.5 Å². The maximum absolute atomic E-state index is 16.3. The molecule has 21 heteroatoms. The van der Waals surface area contributed by atoms with Gasteiger partial charge in [0.1, 0.15) is 18.5 Å². The number of aryl methyl sites for hydroxylation is 2. The van der Waals surface area contributed by atoms with Gasteiger partial charge in [-0.25, -0.2) is 49.6 Å². The maximum atomic E-state index is 16.3. The maximum Gasteiger partial charge on any atom is 0.333 e. The fourth-order valence-corrected chi connectivity index (χ4v) is 12.1. The molecule has 18 nitrogen and oxygen atoms in total. The smallest absolute Gasteiger partial charge is 0.333 e. The highest BCUT2D eigenvalue weighted by Crippen LogP contribution is 2.49. The molecule has 3 unspecified atom stereocenters. The van der Waals surface area contributed by atoms with Gasteiger partial charge >= 0.3 is 12.1 Å². The van der Waals surface area contributed by atoms with Crippen molar-refractivity contribution in [3.8, 4) is 11.8 Å². The summed E-state index contributed by atoms with van der Waals surface area (Å²) in [4.78, 5) is 26.4. The van der Waals surface area contributed by atoms with Crippen LogP contribution in [0.15, 0.2) is 28.3 Å². The molecule has 0 spiro atoms. The van der Waals surface area contributed by atoms with E-state index >= 15 is 4.39 Å². The number of rotatable bonds is 8. The fourth-order valence-electron chi connectivity index (χ4n) is 10.2. The van der Waals surface area contributed by atoms with Crippen LogP contribution in [0.25, 0.3) is 0 Å². The Balaban J connectivity index is 0.913. The van der Waals surface area contributed by atoms with Crippen LogP contribution < -0.4 is 40.6 Å². The highest BCUT2D eigenvalue weighted by Gasteiger charge is 2.45. The molecule has 4 atom stereocenters. The highest BCUT2D eigenvalue weighted by atomic mass is 32.2. The number of anilines is 2. The Hall–Kier alpha value is -5.25. The molecule has 4 amide bonds. The van der Waals surface area contributed by atoms with Crippen LogP contribution in [0, 0.1) is 5.82 Å². The summed E-state index contributed by atoms with van der Waals surface area (Å²) < 4.78 is 90.2. The average molecular weight is 865 g/mol. The second-order valence-electron chi connectivity index (χ2n) is 16.4. The quantitative estimate of drug-likeness (QED) is 0.150. The number of nitrogens with two attached hydrogens (primary N) is 1. The van der Waals surface area contributed by atoms with Crippen molar-refractivity contribution < 1.29 is 40.3 Å². The largest absolute Gasteiger partial charge is 0.475 e. The van der Waals surface area contributed by atoms with Crippen molar-refractivity contribution in [1.29, 1.82) is 0 Å². The van der Waals surface area contributed by atoms with Gasteiger partial charge in [-0.15, -0.1) is 0 Å². The predicted octanol–water partition coefficient (Wildman–Crippen LogP) is 2.50. The summed E-state index contributed by atoms with van der Waals surface area (Å²) in [5.41, 5.74) is 13.9. The molecular formula is C39H45FN10O8S2. The number of carbonyl (C=O) groups excluding carboxylic acids is 2. The summed E-state index contributed by atoms with van der Waals surface area (Å²) in [6, 6.07) is -0.586. The molecule has 0 radical (unpaired) electrons. The normalized spacial score (nSPS) is 22.4. The lowest BCUT2D eigenvalue weighted by Crippen LogP contribution is -2.49. The molecule has 2 aromatic heterocycles. The molecule has 0 bridgehead atoms. The van der Waals surface area contributed by atoms with Gasteiger partial charge in [0, 0.05) is 17.3 Å². The van der Waals surface area contributed by atoms with Gasteiger partial charge in [0.25, 0.3) is 20.0 Å². The number of hydrogen-bond donors (Lipinski definition) is 6. The minimum Gasteiger partial charge on any atom is -0.475 e. The molecule has 4 heterocycles. The molecule has 0 fully saturated rings. The predicted molar refractivity (Wildman–Crippen MR) is 214 cm³/mol. The van der Waals surface area contributed by atoms with Crippen LogP contribution in [0.2, 0.25) is 0 Å². The van der Waals surface area contributed by atoms with Crippen LogP contribution in [0.5, 0.6) is 11.8 Å². The number of amides is 4. The second kappa shape index (κ2) is 14.4. The molecule has 0 saturated heterocycles. The van der Waals surface area contributed by atoms with Gasteiger partial charge in [0.15, 0.2) is 9.79 Å². The first-order valence-electron chi connectivity index (χ1n) is 20.3. The van der Waals surface area contributed by atoms with Gasteiger partial charge in [-0.1, -0.05) is 6.07 Å². The van der Waals surface area contributed by atoms with Gasteiger partial charge in [-0.3, -0.25) is 0 Å². The molecule has 2 aliphatic heterocycles. The number of benzene rings is 2. The van der Waals surface area contributed by atoms with Crippen LogP contribution in [0.4, 0.5) is 25.4 Å². The molecule has 7 N–H and O–H groups in total. The zero-order valence-electron chi connectivity index (χ0n) is 32.8. The molecule has 2 aromatic carbocycles. The van der Waals surface area contributed by atoms with Crippen molar-refractivity contribution in [3.63, 3.8) is 0 Å². The van der Waals surface area contributed by atoms with Crippen molar-refractivity contribution in [2.75, 3.05) is 24.3 Å². The molecule has 4 aliphatic carbocycles. The van der Waals surface area contributed by atoms with E-state index in [0.717, 1.165) is 62.0 Å². The Morgan fingerprint density at radius 1 is 0.767 bits per heavy atom. The van der Waals surface area contributed by atoms with Gasteiger partial charge in [-0.2, -0.15) is 10.2 Å². The lowest BCUT2D eigenvalue weighted by Gasteiger charge is -2.35. The minimum atomic E-state index is -4.53. The van der Waals surface area contributed by atoms with Crippen molar-refractivity contribution in [2.45, 2.75) is 118 Å². The summed E-state index contributed by atoms with van der Waals surface area (Å²) in [6.45, 7) is 0.609. The first-order chi connectivity index (χ1) is 28.8. The number of sulfonamides is 2. The van der Waals surface area contributed by atoms with E-state index in [2.05, 4.69) is 41.7 Å². The Morgan fingerprint density at radius 3 is 2.02 bits per heavy atom. The van der Waals surface area contributed by atoms with E-state index in [1.165, 1.54) is 20.5 Å². The fraction of sp³-hybridized carbons (Fsp3) is 0.487. The van der Waals surface area contributed by atoms with E-state index < -0.39 is 50.2 Å². The number of fused-ring (bicyclic) bond motifs is 6. The summed E-state index contributed by atoms with van der Waals surface area (Å²) in [7, 11) is -7.24. The summed E-state index contributed by atoms with van der Waals surface area (Å²) >= 11 is 0. The Bertz CT molecular complexity index is 2680. The summed E-state index contributed by atoms with van der Waals surface area (Å²) in [5.74, 6) is -1.15. The number of nitrogens with one attached hydrogen (secondary N) is 5. The number of hydrogen-bond acceptors (Lipinski definition) is 12. The number of halogens is 1. The Labute approximate surface area is 345 Å². The molecule has 4 aromatic rings. The first-order valence-corrected chi connectivity index (χ1v) is 23.3. The number of aromatic nitrogens is 4. The van der Waals surface area contributed by atoms with Crippen LogP contribution in [-0.2, 0) is 78.1 Å². The molecule has 0 saturated carbocycles. The van der Waals surface area contributed by atoms with E-state index in [1.54, 1.807) is 7.05 Å². The third kappa shape index (κ3) is 6.38. The zero-order valence-corrected chi connectivity index (χ0v) is 34.4. The molecule has 10 rings (SSSR count). The second-order valence-corrected chi connectivity index (χ2v) is 19.7. The standard InChI is InChI=1S/C39H45FN10O8S2/c1-42-21-16-49-36(57-18-21)29(14-43-49)59(53,54)48-39(52)46-34-25-10-4-9-24(25)32(40)26-11-12-27(31(26)34)35-28(41)17-50-37(58-35)30(15-44-50)60(55,56)47-38(51)45-33-22-7-2-5-19(22)13-20-6-3-8-23(20)33/h13-15,21,27-28,35,42H,2-12,16-18,41H2,1H3,(H2,45,47,51)(H2,46,48,52)/t21-,27?,28?,35?/m1/s1. The average Bonchev–Trinajstić information content (AvgIpc) is 4.06. The molecule has 6 aliphatic rings. The summed E-state index contributed by atoms with van der Waals surface area (Å²) in [5, 5.41) is 17.0. The van der Waals surface area contributed by atoms with Crippen LogP contribution >= 0.6 is 0 Å². The topological polar surface area (TPSA) is 243 Å². The first kappa shape index (κ1) is 38.9. The SMILES string of the molecule is CN[C@H]1COc2c(S(=O)(=O)NC(=O)Nc3c4c(c(F)c5c3C(C3Oc6c(S(=O)(=O)NC(=O)Nc7c8c(cc9c7CCC9)CCC8)cnn6CC3N)CC5)CCC4)cnn2C1. The van der Waals surface area contributed by atoms with Gasteiger partial charge in [-0.05, 0) is 122 Å². The minimum absolute atomic E-state index is 0.00726. The van der Waals surface area contributed by atoms with E-state index in [4.69, 9.17) is 15.2 Å². The van der Waals surface area contributed by atoms with E-state index in [0.29, 0.717) is 60.2 Å². The van der Waals surface area contributed by atoms with Crippen LogP contribution in [0.3, 0.4) is 0 Å². The van der Waals surface area contributed by atoms with Crippen molar-refractivity contribution in [1.82, 2.24) is 34.3 Å². The van der Waals surface area contributed by atoms with Crippen molar-refractivity contribution in [3.05, 3.63) is 68.8 Å². The number of nitrogens with zero attached hydrogens (tertiary/aromatic N) is 4. The monoisotopic (exact) mass is 864 g/mol. The van der Waals surface area contributed by atoms with Crippen LogP contribution in [-0.4, -0.2) is 80.3 Å². The number of ether oxygens (including phenoxy) is 2. The third-order valence-electron chi connectivity index (χ3n) is 12.9. The van der Waals surface area contributed by atoms with Crippen molar-refractivity contribution in [2.24, 2.45) is 5.73 Å². The zero-order chi connectivity index (χ0) is 41.7. The lowest BCUT2D eigenvalue weighted by molar-refractivity contribution is 0.0836. The number of likely N-dealkylation sites (N-methyl/N-ethyl adjacent to an activating group) is 1. The molecule has 60 heavy (non-hydrogen) atoms. The van der Waals surface area contributed by atoms with Gasteiger partial charge < -0.3 is 31.2 Å². The lowest BCUT2D eigenvalue weighted by atomic mass is 9.86. The number of carbonyl (C=O) groups is 2. The van der Waals surface area contributed by atoms with E-state index in [-0.39, 0.29) is 58.7 Å². The third-order valence-corrected chi connectivity index (χ3v) is 15.5. The Kier molecular flexibility index (Phi) is 9.37. The number of urea groups is 2. The summed E-state index contributed by atoms with van der Waals surface area (Å²) in [6.07, 6.45) is 8.77. The molecule has 318 valence electrons. The van der Waals surface area contributed by atoms with E-state index in [1.807, 2.05) is 0 Å². The van der Waals surface area contributed by atoms with Gasteiger partial charge in [0.2, 0.25) is 11.8 Å². The van der Waals surface area contributed by atoms with Crippen LogP contribution in [0.1, 0.15) is 76.1 Å². The Morgan fingerprint density at radius 2 is 1.35 bits per heavy atom. The molecular weight excluding hydrogens is 820 g/mol. The van der Waals surface area contributed by atoms with Gasteiger partial charge in [0.05, 0.1) is 37.6 Å². The highest BCUT2D eigenvalue weighted by molar-refractivity contribution is 7.90. The van der Waals surface area contributed by atoms with E-state index in [9.17, 15) is 26.4 Å².